The topological polar surface area (TPSA) is 35.2 Å². The fourth-order valence-corrected chi connectivity index (χ4v) is 1.98. The van der Waals surface area contributed by atoms with Gasteiger partial charge < -0.3 is 10.5 Å². The summed E-state index contributed by atoms with van der Waals surface area (Å²) >= 11 is 3.15. The Bertz CT molecular complexity index is 590. The smallest absolute Gasteiger partial charge is 0.166 e. The van der Waals surface area contributed by atoms with Crippen molar-refractivity contribution in [3.05, 3.63) is 63.6 Å². The van der Waals surface area contributed by atoms with E-state index in [2.05, 4.69) is 15.9 Å². The summed E-state index contributed by atoms with van der Waals surface area (Å²) in [6.07, 6.45) is 0. The third-order valence-corrected chi connectivity index (χ3v) is 3.15. The van der Waals surface area contributed by atoms with Crippen LogP contribution in [0.3, 0.4) is 0 Å². The van der Waals surface area contributed by atoms with Crippen LogP contribution >= 0.6 is 15.9 Å². The minimum Gasteiger partial charge on any atom is -0.486 e. The van der Waals surface area contributed by atoms with E-state index in [1.165, 1.54) is 12.1 Å². The van der Waals surface area contributed by atoms with Crippen molar-refractivity contribution in [1.29, 1.82) is 0 Å². The number of rotatable bonds is 4. The molecule has 0 aliphatic rings. The molecule has 2 nitrogen and oxygen atoms in total. The van der Waals surface area contributed by atoms with E-state index < -0.39 is 11.6 Å². The van der Waals surface area contributed by atoms with Gasteiger partial charge in [-0.3, -0.25) is 0 Å². The largest absolute Gasteiger partial charge is 0.486 e. The Morgan fingerprint density at radius 3 is 2.53 bits per heavy atom. The summed E-state index contributed by atoms with van der Waals surface area (Å²) < 4.78 is 33.3. The van der Waals surface area contributed by atoms with Crippen LogP contribution in [0.15, 0.2) is 40.9 Å². The van der Waals surface area contributed by atoms with Gasteiger partial charge in [-0.25, -0.2) is 8.78 Å². The van der Waals surface area contributed by atoms with Gasteiger partial charge in [-0.15, -0.1) is 0 Å². The monoisotopic (exact) mass is 327 g/mol. The highest BCUT2D eigenvalue weighted by molar-refractivity contribution is 9.10. The van der Waals surface area contributed by atoms with Gasteiger partial charge in [0.25, 0.3) is 0 Å². The summed E-state index contributed by atoms with van der Waals surface area (Å²) in [6.45, 7) is 0.0740. The third-order valence-electron chi connectivity index (χ3n) is 2.66. The van der Waals surface area contributed by atoms with Gasteiger partial charge in [-0.2, -0.15) is 0 Å². The first kappa shape index (κ1) is 14.0. The van der Waals surface area contributed by atoms with Crippen molar-refractivity contribution >= 4 is 15.9 Å². The zero-order valence-corrected chi connectivity index (χ0v) is 11.6. The normalized spacial score (nSPS) is 10.5. The maximum absolute atomic E-state index is 13.9. The Labute approximate surface area is 118 Å². The molecule has 0 saturated heterocycles. The van der Waals surface area contributed by atoms with Crippen molar-refractivity contribution in [2.45, 2.75) is 13.2 Å². The summed E-state index contributed by atoms with van der Waals surface area (Å²) in [4.78, 5) is 0. The van der Waals surface area contributed by atoms with E-state index in [9.17, 15) is 8.78 Å². The molecule has 2 rings (SSSR count). The van der Waals surface area contributed by atoms with Gasteiger partial charge in [-0.1, -0.05) is 34.1 Å². The number of hydrogen-bond donors (Lipinski definition) is 1. The van der Waals surface area contributed by atoms with Crippen LogP contribution in [0.25, 0.3) is 0 Å². The summed E-state index contributed by atoms with van der Waals surface area (Å²) in [5.41, 5.74) is 6.19. The van der Waals surface area contributed by atoms with Crippen LogP contribution in [-0.4, -0.2) is 0 Å². The molecule has 0 amide bonds. The van der Waals surface area contributed by atoms with E-state index in [0.29, 0.717) is 15.6 Å². The maximum Gasteiger partial charge on any atom is 0.166 e. The predicted octanol–water partition coefficient (Wildman–Crippen LogP) is 3.77. The van der Waals surface area contributed by atoms with E-state index >= 15 is 0 Å². The molecule has 19 heavy (non-hydrogen) atoms. The van der Waals surface area contributed by atoms with Gasteiger partial charge in [0.2, 0.25) is 0 Å². The second kappa shape index (κ2) is 6.12. The van der Waals surface area contributed by atoms with Crippen LogP contribution in [0.5, 0.6) is 5.75 Å². The van der Waals surface area contributed by atoms with Crippen molar-refractivity contribution in [2.24, 2.45) is 5.73 Å². The standard InChI is InChI=1S/C14H12BrF2NO/c15-11-4-5-13(12(16)6-11)19-8-10-3-1-2-9(7-18)14(10)17/h1-6H,7-8,18H2. The van der Waals surface area contributed by atoms with Gasteiger partial charge in [0.15, 0.2) is 11.6 Å². The quantitative estimate of drug-likeness (QED) is 0.927. The Morgan fingerprint density at radius 2 is 1.84 bits per heavy atom. The lowest BCUT2D eigenvalue weighted by atomic mass is 10.1. The molecule has 0 saturated carbocycles. The minimum atomic E-state index is -0.496. The Hall–Kier alpha value is -1.46. The fraction of sp³-hybridized carbons (Fsp3) is 0.143. The number of halogens is 3. The Kier molecular flexibility index (Phi) is 4.50. The van der Waals surface area contributed by atoms with Crippen LogP contribution < -0.4 is 10.5 Å². The zero-order chi connectivity index (χ0) is 13.8. The number of nitrogens with two attached hydrogens (primary N) is 1. The molecule has 0 aliphatic heterocycles. The molecule has 0 radical (unpaired) electrons. The molecule has 0 aliphatic carbocycles. The van der Waals surface area contributed by atoms with E-state index in [1.807, 2.05) is 0 Å². The molecular formula is C14H12BrF2NO. The van der Waals surface area contributed by atoms with Crippen LogP contribution in [-0.2, 0) is 13.2 Å². The first-order chi connectivity index (χ1) is 9.11. The van der Waals surface area contributed by atoms with Gasteiger partial charge in [-0.05, 0) is 18.2 Å². The van der Waals surface area contributed by atoms with Gasteiger partial charge >= 0.3 is 0 Å². The van der Waals surface area contributed by atoms with Crippen LogP contribution in [0, 0.1) is 11.6 Å². The average molecular weight is 328 g/mol. The molecule has 2 N–H and O–H groups in total. The molecule has 0 aromatic heterocycles. The van der Waals surface area contributed by atoms with Crippen molar-refractivity contribution in [2.75, 3.05) is 0 Å². The lowest BCUT2D eigenvalue weighted by molar-refractivity contribution is 0.284. The number of hydrogen-bond acceptors (Lipinski definition) is 2. The van der Waals surface area contributed by atoms with Crippen molar-refractivity contribution in [3.8, 4) is 5.75 Å². The van der Waals surface area contributed by atoms with Crippen molar-refractivity contribution in [1.82, 2.24) is 0 Å². The third kappa shape index (κ3) is 3.30. The Morgan fingerprint density at radius 1 is 1.11 bits per heavy atom. The van der Waals surface area contributed by atoms with Gasteiger partial charge in [0.1, 0.15) is 12.4 Å². The van der Waals surface area contributed by atoms with E-state index in [1.54, 1.807) is 24.3 Å². The molecule has 0 spiro atoms. The molecule has 0 fully saturated rings. The molecule has 2 aromatic rings. The average Bonchev–Trinajstić information content (AvgIpc) is 2.39. The molecule has 0 bridgehead atoms. The molecule has 0 unspecified atom stereocenters. The molecular weight excluding hydrogens is 316 g/mol. The highest BCUT2D eigenvalue weighted by Crippen LogP contribution is 2.23. The van der Waals surface area contributed by atoms with Gasteiger partial charge in [0, 0.05) is 22.1 Å². The molecule has 0 atom stereocenters. The predicted molar refractivity (Wildman–Crippen MR) is 72.7 cm³/mol. The lowest BCUT2D eigenvalue weighted by Crippen LogP contribution is -2.05. The molecule has 5 heteroatoms. The second-order valence-electron chi connectivity index (χ2n) is 3.96. The molecule has 0 heterocycles. The second-order valence-corrected chi connectivity index (χ2v) is 4.87. The Balaban J connectivity index is 2.14. The number of ether oxygens (including phenoxy) is 1. The van der Waals surface area contributed by atoms with E-state index in [4.69, 9.17) is 10.5 Å². The highest BCUT2D eigenvalue weighted by Gasteiger charge is 2.09. The van der Waals surface area contributed by atoms with E-state index in [0.717, 1.165) is 0 Å². The van der Waals surface area contributed by atoms with E-state index in [-0.39, 0.29) is 18.9 Å². The SMILES string of the molecule is NCc1cccc(COc2ccc(Br)cc2F)c1F. The lowest BCUT2D eigenvalue weighted by Gasteiger charge is -2.10. The number of benzene rings is 2. The summed E-state index contributed by atoms with van der Waals surface area (Å²) in [5.74, 6) is -0.812. The molecule has 100 valence electrons. The summed E-state index contributed by atoms with van der Waals surface area (Å²) in [6, 6.07) is 9.34. The first-order valence-electron chi connectivity index (χ1n) is 5.66. The van der Waals surface area contributed by atoms with Crippen LogP contribution in [0.4, 0.5) is 8.78 Å². The molecule has 2 aromatic carbocycles. The van der Waals surface area contributed by atoms with Crippen molar-refractivity contribution in [3.63, 3.8) is 0 Å². The van der Waals surface area contributed by atoms with Crippen molar-refractivity contribution < 1.29 is 13.5 Å². The first-order valence-corrected chi connectivity index (χ1v) is 6.45. The minimum absolute atomic E-state index is 0.0434. The maximum atomic E-state index is 13.9. The summed E-state index contributed by atoms with van der Waals surface area (Å²) in [5, 5.41) is 0. The fourth-order valence-electron chi connectivity index (χ4n) is 1.65. The van der Waals surface area contributed by atoms with Crippen LogP contribution in [0.1, 0.15) is 11.1 Å². The van der Waals surface area contributed by atoms with Crippen LogP contribution in [0.2, 0.25) is 0 Å². The highest BCUT2D eigenvalue weighted by atomic mass is 79.9. The van der Waals surface area contributed by atoms with Gasteiger partial charge in [0.05, 0.1) is 0 Å². The zero-order valence-electron chi connectivity index (χ0n) is 10.00. The summed E-state index contributed by atoms with van der Waals surface area (Å²) in [7, 11) is 0.